The molecular weight excluding hydrogens is 144 g/mol. The molecule has 0 rings (SSSR count). The van der Waals surface area contributed by atoms with Crippen LogP contribution in [0.4, 0.5) is 0 Å². The fourth-order valence-corrected chi connectivity index (χ4v) is 0. The molecule has 0 aliphatic rings. The summed E-state index contributed by atoms with van der Waals surface area (Å²) in [6.45, 7) is 5.95. The standard InChI is InChI=1S/CCl2NOP/c1-4-6(2,3)5. The Bertz CT molecular complexity index is 120. The smallest absolute Gasteiger partial charge is 0.243 e. The molecule has 6 heavy (non-hydrogen) atoms. The Morgan fingerprint density at radius 2 is 1.83 bits per heavy atom. The molecule has 0 saturated carbocycles. The lowest BCUT2D eigenvalue weighted by Gasteiger charge is -1.70. The monoisotopic (exact) mass is 143 g/mol. The van der Waals surface area contributed by atoms with Crippen LogP contribution in [0, 0.1) is 6.57 Å². The molecule has 0 aromatic rings. The Labute approximate surface area is 44.9 Å². The predicted molar refractivity (Wildman–Crippen MR) is 25.9 cm³/mol. The summed E-state index contributed by atoms with van der Waals surface area (Å²) in [6.07, 6.45) is 0. The highest BCUT2D eigenvalue weighted by Gasteiger charge is 2.17. The fourth-order valence-electron chi connectivity index (χ4n) is 0. The maximum atomic E-state index is 9.76. The van der Waals surface area contributed by atoms with Crippen LogP contribution >= 0.6 is 28.5 Å². The number of rotatable bonds is 0. The highest BCUT2D eigenvalue weighted by Crippen LogP contribution is 2.57. The lowest BCUT2D eigenvalue weighted by molar-refractivity contribution is 0.597. The van der Waals surface area contributed by atoms with Crippen molar-refractivity contribution in [2.45, 2.75) is 0 Å². The van der Waals surface area contributed by atoms with Gasteiger partial charge in [0.05, 0.1) is 0 Å². The van der Waals surface area contributed by atoms with Crippen LogP contribution in [0.1, 0.15) is 0 Å². The summed E-state index contributed by atoms with van der Waals surface area (Å²) in [5, 5.41) is 0. The SMILES string of the molecule is [C-]#[N+]P(=O)(Cl)Cl. The highest BCUT2D eigenvalue weighted by atomic mass is 35.9. The van der Waals surface area contributed by atoms with E-state index in [1.54, 1.807) is 0 Å². The minimum absolute atomic E-state index is 2.36. The van der Waals surface area contributed by atoms with E-state index in [4.69, 9.17) is 6.57 Å². The highest BCUT2D eigenvalue weighted by molar-refractivity contribution is 8.09. The molecule has 2 nitrogen and oxygen atoms in total. The molecule has 0 aromatic carbocycles. The normalized spacial score (nSPS) is 10.2. The predicted octanol–water partition coefficient (Wildman–Crippen LogP) is 2.49. The number of nitrogens with zero attached hydrogens (tertiary/aromatic N) is 1. The van der Waals surface area contributed by atoms with Gasteiger partial charge in [-0.2, -0.15) is 0 Å². The Morgan fingerprint density at radius 1 is 1.67 bits per heavy atom. The molecule has 0 radical (unpaired) electrons. The van der Waals surface area contributed by atoms with Gasteiger partial charge in [0.1, 0.15) is 0 Å². The number of hydrogen-bond acceptors (Lipinski definition) is 1. The van der Waals surface area contributed by atoms with E-state index >= 15 is 0 Å². The van der Waals surface area contributed by atoms with Crippen molar-refractivity contribution in [2.24, 2.45) is 0 Å². The Hall–Kier alpha value is 0.300. The van der Waals surface area contributed by atoms with E-state index < -0.39 is 6.00 Å². The molecule has 5 heteroatoms. The summed E-state index contributed by atoms with van der Waals surface area (Å²) in [4.78, 5) is 0. The van der Waals surface area contributed by atoms with Crippen LogP contribution in [0.2, 0.25) is 0 Å². The second-order valence-corrected chi connectivity index (χ2v) is 4.87. The quantitative estimate of drug-likeness (QED) is 0.378. The lowest BCUT2D eigenvalue weighted by Crippen LogP contribution is -1.30. The van der Waals surface area contributed by atoms with Crippen LogP contribution in [0.5, 0.6) is 0 Å². The molecule has 0 aromatic heterocycles. The van der Waals surface area contributed by atoms with E-state index in [-0.39, 0.29) is 0 Å². The number of hydrogen-bond donors (Lipinski definition) is 0. The van der Waals surface area contributed by atoms with Crippen molar-refractivity contribution in [1.29, 1.82) is 0 Å². The van der Waals surface area contributed by atoms with Crippen LogP contribution < -0.4 is 0 Å². The minimum Gasteiger partial charge on any atom is -0.243 e. The summed E-state index contributed by atoms with van der Waals surface area (Å²) in [6, 6.07) is 0. The molecule has 0 amide bonds. The third-order valence-corrected chi connectivity index (χ3v) is 0.803. The van der Waals surface area contributed by atoms with Gasteiger partial charge in [-0.3, -0.25) is 0 Å². The molecule has 34 valence electrons. The second-order valence-electron chi connectivity index (χ2n) is 0.535. The van der Waals surface area contributed by atoms with Crippen LogP contribution in [0.15, 0.2) is 0 Å². The zero-order valence-corrected chi connectivity index (χ0v) is 4.96. The molecule has 0 spiro atoms. The summed E-state index contributed by atoms with van der Waals surface area (Å²) in [5.74, 6) is -3.41. The van der Waals surface area contributed by atoms with Crippen LogP contribution in [0.3, 0.4) is 0 Å². The van der Waals surface area contributed by atoms with Crippen LogP contribution in [0.25, 0.3) is 4.62 Å². The minimum atomic E-state index is -3.41. The van der Waals surface area contributed by atoms with E-state index in [9.17, 15) is 4.57 Å². The Morgan fingerprint density at radius 3 is 1.83 bits per heavy atom. The molecule has 0 N–H and O–H groups in total. The molecule has 0 aliphatic carbocycles. The molecule has 0 bridgehead atoms. The van der Waals surface area contributed by atoms with Crippen molar-refractivity contribution in [3.05, 3.63) is 11.2 Å². The Kier molecular flexibility index (Phi) is 1.93. The molecular formula is CCl2NOP. The fraction of sp³-hybridized carbons (Fsp3) is 0. The van der Waals surface area contributed by atoms with Gasteiger partial charge in [-0.25, -0.2) is 15.8 Å². The second kappa shape index (κ2) is 1.84. The molecule has 0 saturated heterocycles. The third-order valence-electron chi connectivity index (χ3n) is 0.116. The largest absolute Gasteiger partial charge is 0.577 e. The maximum Gasteiger partial charge on any atom is 0.577 e. The molecule has 0 aliphatic heterocycles. The van der Waals surface area contributed by atoms with Crippen molar-refractivity contribution >= 4 is 28.5 Å². The lowest BCUT2D eigenvalue weighted by atomic mass is 11.9. The summed E-state index contributed by atoms with van der Waals surface area (Å²) < 4.78 is 12.1. The van der Waals surface area contributed by atoms with Gasteiger partial charge in [0.2, 0.25) is 0 Å². The van der Waals surface area contributed by atoms with Crippen molar-refractivity contribution in [3.63, 3.8) is 0 Å². The first-order valence-corrected chi connectivity index (χ1v) is 4.41. The topological polar surface area (TPSA) is 21.4 Å². The first-order chi connectivity index (χ1) is 2.56. The van der Waals surface area contributed by atoms with Crippen LogP contribution in [-0.4, -0.2) is 0 Å². The average molecular weight is 144 g/mol. The van der Waals surface area contributed by atoms with Gasteiger partial charge in [0, 0.05) is 22.5 Å². The summed E-state index contributed by atoms with van der Waals surface area (Å²) in [7, 11) is 0. The zero-order chi connectivity index (χ0) is 5.21. The van der Waals surface area contributed by atoms with E-state index in [2.05, 4.69) is 27.1 Å². The van der Waals surface area contributed by atoms with E-state index in [0.29, 0.717) is 0 Å². The summed E-state index contributed by atoms with van der Waals surface area (Å²) >= 11 is 9.37. The van der Waals surface area contributed by atoms with Crippen molar-refractivity contribution in [1.82, 2.24) is 0 Å². The van der Waals surface area contributed by atoms with E-state index in [1.807, 2.05) is 0 Å². The average Bonchev–Trinajstić information content (AvgIpc) is 1.35. The van der Waals surface area contributed by atoms with Gasteiger partial charge in [0.15, 0.2) is 0 Å². The van der Waals surface area contributed by atoms with Gasteiger partial charge in [-0.15, -0.1) is 0 Å². The van der Waals surface area contributed by atoms with E-state index in [0.717, 1.165) is 0 Å². The first-order valence-electron chi connectivity index (χ1n) is 0.944. The van der Waals surface area contributed by atoms with Crippen molar-refractivity contribution in [2.75, 3.05) is 0 Å². The molecule has 0 heterocycles. The van der Waals surface area contributed by atoms with Gasteiger partial charge in [0.25, 0.3) is 0 Å². The van der Waals surface area contributed by atoms with Gasteiger partial charge in [-0.05, 0) is 0 Å². The Balaban J connectivity index is 3.94. The zero-order valence-electron chi connectivity index (χ0n) is 2.56. The van der Waals surface area contributed by atoms with Gasteiger partial charge in [-0.1, -0.05) is 0 Å². The van der Waals surface area contributed by atoms with Crippen molar-refractivity contribution in [3.8, 4) is 0 Å². The van der Waals surface area contributed by atoms with Gasteiger partial charge >= 0.3 is 6.00 Å². The van der Waals surface area contributed by atoms with Crippen molar-refractivity contribution < 1.29 is 4.57 Å². The number of halogens is 2. The molecule has 0 unspecified atom stereocenters. The first kappa shape index (κ1) is 6.30. The maximum absolute atomic E-state index is 9.76. The van der Waals surface area contributed by atoms with Gasteiger partial charge < -0.3 is 0 Å². The van der Waals surface area contributed by atoms with Crippen LogP contribution in [-0.2, 0) is 4.57 Å². The molecule has 0 atom stereocenters. The molecule has 0 fully saturated rings. The summed E-state index contributed by atoms with van der Waals surface area (Å²) in [5.41, 5.74) is 0. The third kappa shape index (κ3) is 4.30. The van der Waals surface area contributed by atoms with E-state index in [1.165, 1.54) is 0 Å².